The Morgan fingerprint density at radius 2 is 1.40 bits per heavy atom. The summed E-state index contributed by atoms with van der Waals surface area (Å²) in [6.07, 6.45) is 2.67. The lowest BCUT2D eigenvalue weighted by Crippen LogP contribution is -2.06. The molecule has 1 rings (SSSR count). The lowest BCUT2D eigenvalue weighted by Gasteiger charge is -2.17. The first-order chi connectivity index (χ1) is 9.78. The van der Waals surface area contributed by atoms with Gasteiger partial charge in [0, 0.05) is 0 Å². The van der Waals surface area contributed by atoms with Crippen LogP contribution in [0.5, 0.6) is 17.2 Å². The molecule has 0 aliphatic carbocycles. The monoisotopic (exact) mass is 277 g/mol. The molecule has 0 radical (unpaired) electrons. The highest BCUT2D eigenvalue weighted by molar-refractivity contribution is 5.59. The van der Waals surface area contributed by atoms with Gasteiger partial charge < -0.3 is 14.2 Å². The van der Waals surface area contributed by atoms with Crippen LogP contribution in [-0.2, 0) is 0 Å². The Balaban J connectivity index is 3.13. The first kappa shape index (κ1) is 16.2. The lowest BCUT2D eigenvalue weighted by atomic mass is 10.2. The fraction of sp³-hybridized carbons (Fsp3) is 0.562. The Morgan fingerprint density at radius 1 is 0.850 bits per heavy atom. The van der Waals surface area contributed by atoms with Gasteiger partial charge in [0.2, 0.25) is 5.75 Å². The highest BCUT2D eigenvalue weighted by atomic mass is 16.5. The Morgan fingerprint density at radius 3 is 1.95 bits per heavy atom. The molecule has 4 nitrogen and oxygen atoms in total. The first-order valence-corrected chi connectivity index (χ1v) is 7.23. The largest absolute Gasteiger partial charge is 0.490 e. The molecule has 20 heavy (non-hydrogen) atoms. The number of nitriles is 1. The zero-order chi connectivity index (χ0) is 14.8. The highest BCUT2D eigenvalue weighted by Crippen LogP contribution is 2.40. The summed E-state index contributed by atoms with van der Waals surface area (Å²) in [4.78, 5) is 0. The summed E-state index contributed by atoms with van der Waals surface area (Å²) in [5.41, 5.74) is 0.480. The SMILES string of the molecule is CCCOc1ccc(C#N)c(OCCC)c1OCCC. The standard InChI is InChI=1S/C16H23NO3/c1-4-9-18-14-8-7-13(12-17)15(19-10-5-2)16(14)20-11-6-3/h7-8H,4-6,9-11H2,1-3H3. The quantitative estimate of drug-likeness (QED) is 0.686. The van der Waals surface area contributed by atoms with Crippen LogP contribution in [0.3, 0.4) is 0 Å². The molecule has 0 heterocycles. The van der Waals surface area contributed by atoms with Gasteiger partial charge >= 0.3 is 0 Å². The second kappa shape index (κ2) is 9.08. The highest BCUT2D eigenvalue weighted by Gasteiger charge is 2.17. The van der Waals surface area contributed by atoms with Gasteiger partial charge in [-0.25, -0.2) is 0 Å². The van der Waals surface area contributed by atoms with E-state index >= 15 is 0 Å². The zero-order valence-electron chi connectivity index (χ0n) is 12.6. The van der Waals surface area contributed by atoms with Crippen molar-refractivity contribution >= 4 is 0 Å². The van der Waals surface area contributed by atoms with Gasteiger partial charge in [-0.3, -0.25) is 0 Å². The molecule has 0 fully saturated rings. The van der Waals surface area contributed by atoms with E-state index in [0.717, 1.165) is 19.3 Å². The van der Waals surface area contributed by atoms with Crippen LogP contribution in [0.4, 0.5) is 0 Å². The molecular formula is C16H23NO3. The number of nitrogens with zero attached hydrogens (tertiary/aromatic N) is 1. The van der Waals surface area contributed by atoms with E-state index in [9.17, 15) is 5.26 Å². The van der Waals surface area contributed by atoms with Crippen LogP contribution in [0.25, 0.3) is 0 Å². The summed E-state index contributed by atoms with van der Waals surface area (Å²) < 4.78 is 17.1. The Labute approximate surface area is 121 Å². The van der Waals surface area contributed by atoms with Crippen molar-refractivity contribution < 1.29 is 14.2 Å². The molecule has 0 bridgehead atoms. The maximum Gasteiger partial charge on any atom is 0.204 e. The number of benzene rings is 1. The second-order valence-electron chi connectivity index (χ2n) is 4.43. The Hall–Kier alpha value is -1.89. The van der Waals surface area contributed by atoms with Crippen molar-refractivity contribution in [2.45, 2.75) is 40.0 Å². The molecule has 0 spiro atoms. The molecule has 1 aromatic rings. The summed E-state index contributed by atoms with van der Waals surface area (Å²) in [6, 6.07) is 5.64. The predicted octanol–water partition coefficient (Wildman–Crippen LogP) is 3.92. The summed E-state index contributed by atoms with van der Waals surface area (Å²) in [5.74, 6) is 1.69. The van der Waals surface area contributed by atoms with E-state index in [2.05, 4.69) is 6.07 Å². The Kier molecular flexibility index (Phi) is 7.34. The van der Waals surface area contributed by atoms with Gasteiger partial charge in [-0.05, 0) is 31.4 Å². The molecule has 0 aliphatic rings. The molecular weight excluding hydrogens is 254 g/mol. The maximum atomic E-state index is 9.21. The normalized spacial score (nSPS) is 9.90. The van der Waals surface area contributed by atoms with Crippen LogP contribution in [0.2, 0.25) is 0 Å². The van der Waals surface area contributed by atoms with Crippen molar-refractivity contribution in [1.82, 2.24) is 0 Å². The fourth-order valence-electron chi connectivity index (χ4n) is 1.65. The molecule has 0 saturated carbocycles. The van der Waals surface area contributed by atoms with Crippen molar-refractivity contribution in [3.8, 4) is 23.3 Å². The summed E-state index contributed by atoms with van der Waals surface area (Å²) in [7, 11) is 0. The molecule has 4 heteroatoms. The molecule has 0 atom stereocenters. The minimum atomic E-state index is 0.480. The third-order valence-electron chi connectivity index (χ3n) is 2.56. The molecule has 110 valence electrons. The molecule has 0 saturated heterocycles. The molecule has 0 unspecified atom stereocenters. The number of ether oxygens (including phenoxy) is 3. The number of hydrogen-bond donors (Lipinski definition) is 0. The number of rotatable bonds is 9. The fourth-order valence-corrected chi connectivity index (χ4v) is 1.65. The van der Waals surface area contributed by atoms with Gasteiger partial charge in [0.15, 0.2) is 11.5 Å². The minimum absolute atomic E-state index is 0.480. The van der Waals surface area contributed by atoms with Gasteiger partial charge in [0.05, 0.1) is 25.4 Å². The zero-order valence-corrected chi connectivity index (χ0v) is 12.6. The van der Waals surface area contributed by atoms with Gasteiger partial charge in [-0.1, -0.05) is 20.8 Å². The van der Waals surface area contributed by atoms with Crippen LogP contribution in [0.1, 0.15) is 45.6 Å². The minimum Gasteiger partial charge on any atom is -0.490 e. The summed E-state index contributed by atoms with van der Waals surface area (Å²) >= 11 is 0. The van der Waals surface area contributed by atoms with E-state index in [1.807, 2.05) is 20.8 Å². The summed E-state index contributed by atoms with van der Waals surface area (Å²) in [5, 5.41) is 9.21. The van der Waals surface area contributed by atoms with Crippen LogP contribution < -0.4 is 14.2 Å². The van der Waals surface area contributed by atoms with Gasteiger partial charge in [-0.2, -0.15) is 5.26 Å². The Bertz CT molecular complexity index is 452. The van der Waals surface area contributed by atoms with E-state index in [4.69, 9.17) is 14.2 Å². The topological polar surface area (TPSA) is 51.5 Å². The van der Waals surface area contributed by atoms with E-state index < -0.39 is 0 Å². The molecule has 0 aliphatic heterocycles. The van der Waals surface area contributed by atoms with Crippen LogP contribution in [0, 0.1) is 11.3 Å². The smallest absolute Gasteiger partial charge is 0.204 e. The molecule has 0 amide bonds. The van der Waals surface area contributed by atoms with E-state index in [1.54, 1.807) is 12.1 Å². The third kappa shape index (κ3) is 4.34. The van der Waals surface area contributed by atoms with Crippen molar-refractivity contribution in [3.05, 3.63) is 17.7 Å². The number of hydrogen-bond acceptors (Lipinski definition) is 4. The van der Waals surface area contributed by atoms with E-state index in [1.165, 1.54) is 0 Å². The van der Waals surface area contributed by atoms with Gasteiger partial charge in [0.25, 0.3) is 0 Å². The van der Waals surface area contributed by atoms with Crippen molar-refractivity contribution in [3.63, 3.8) is 0 Å². The molecule has 0 N–H and O–H groups in total. The maximum absolute atomic E-state index is 9.21. The average Bonchev–Trinajstić information content (AvgIpc) is 2.48. The van der Waals surface area contributed by atoms with Crippen molar-refractivity contribution in [2.75, 3.05) is 19.8 Å². The van der Waals surface area contributed by atoms with Crippen molar-refractivity contribution in [1.29, 1.82) is 5.26 Å². The van der Waals surface area contributed by atoms with Crippen LogP contribution >= 0.6 is 0 Å². The van der Waals surface area contributed by atoms with Gasteiger partial charge in [0.1, 0.15) is 6.07 Å². The van der Waals surface area contributed by atoms with Gasteiger partial charge in [-0.15, -0.1) is 0 Å². The first-order valence-electron chi connectivity index (χ1n) is 7.23. The lowest BCUT2D eigenvalue weighted by molar-refractivity contribution is 0.242. The molecule has 1 aromatic carbocycles. The second-order valence-corrected chi connectivity index (χ2v) is 4.43. The molecule has 0 aromatic heterocycles. The third-order valence-corrected chi connectivity index (χ3v) is 2.56. The van der Waals surface area contributed by atoms with Crippen LogP contribution in [0.15, 0.2) is 12.1 Å². The predicted molar refractivity (Wildman–Crippen MR) is 78.5 cm³/mol. The van der Waals surface area contributed by atoms with Crippen LogP contribution in [-0.4, -0.2) is 19.8 Å². The van der Waals surface area contributed by atoms with E-state index in [0.29, 0.717) is 42.6 Å². The van der Waals surface area contributed by atoms with E-state index in [-0.39, 0.29) is 0 Å². The average molecular weight is 277 g/mol. The van der Waals surface area contributed by atoms with Crippen molar-refractivity contribution in [2.24, 2.45) is 0 Å². The summed E-state index contributed by atoms with van der Waals surface area (Å²) in [6.45, 7) is 7.84.